The van der Waals surface area contributed by atoms with Crippen molar-refractivity contribution in [1.29, 1.82) is 0 Å². The fraction of sp³-hybridized carbons (Fsp3) is 0.0400. The molecular formula is C25H19N3O2S. The molecule has 0 saturated carbocycles. The van der Waals surface area contributed by atoms with Gasteiger partial charge >= 0.3 is 0 Å². The highest BCUT2D eigenvalue weighted by atomic mass is 32.2. The lowest BCUT2D eigenvalue weighted by Gasteiger charge is -2.06. The van der Waals surface area contributed by atoms with E-state index in [1.165, 1.54) is 15.5 Å². The van der Waals surface area contributed by atoms with Crippen molar-refractivity contribution in [2.24, 2.45) is 0 Å². The number of nitrogens with one attached hydrogen (secondary N) is 1. The molecule has 0 aliphatic rings. The van der Waals surface area contributed by atoms with E-state index in [1.54, 1.807) is 11.8 Å². The van der Waals surface area contributed by atoms with Crippen LogP contribution in [0.2, 0.25) is 0 Å². The van der Waals surface area contributed by atoms with Crippen LogP contribution in [-0.2, 0) is 6.61 Å². The molecule has 0 unspecified atom stereocenters. The number of hydrogen-bond donors (Lipinski definition) is 1. The average molecular weight is 426 g/mol. The van der Waals surface area contributed by atoms with Gasteiger partial charge in [-0.15, -0.1) is 0 Å². The molecule has 31 heavy (non-hydrogen) atoms. The number of benzene rings is 3. The largest absolute Gasteiger partial charge is 0.487 e. The van der Waals surface area contributed by atoms with Crippen molar-refractivity contribution in [2.75, 3.05) is 0 Å². The minimum atomic E-state index is -0.167. The lowest BCUT2D eigenvalue weighted by Crippen LogP contribution is -2.16. The molecule has 5 rings (SSSR count). The van der Waals surface area contributed by atoms with Crippen molar-refractivity contribution in [3.63, 3.8) is 0 Å². The minimum absolute atomic E-state index is 0.167. The van der Waals surface area contributed by atoms with Crippen LogP contribution in [0.25, 0.3) is 16.8 Å². The molecule has 5 aromatic rings. The second-order valence-corrected chi connectivity index (χ2v) is 8.12. The SMILES string of the molecule is O=c1cc(COc2ccccc2)nc2c(-c3ccc(Sc4ccccc4)cc3)c[nH]n12. The highest BCUT2D eigenvalue weighted by Gasteiger charge is 2.12. The molecule has 0 spiro atoms. The van der Waals surface area contributed by atoms with Crippen LogP contribution in [0.4, 0.5) is 0 Å². The van der Waals surface area contributed by atoms with Gasteiger partial charge in [-0.2, -0.15) is 0 Å². The summed E-state index contributed by atoms with van der Waals surface area (Å²) in [5.41, 5.74) is 2.87. The number of hydrogen-bond acceptors (Lipinski definition) is 4. The van der Waals surface area contributed by atoms with Crippen LogP contribution in [0.15, 0.2) is 112 Å². The molecule has 0 radical (unpaired) electrons. The monoisotopic (exact) mass is 425 g/mol. The molecule has 6 heteroatoms. The van der Waals surface area contributed by atoms with Crippen LogP contribution in [-0.4, -0.2) is 14.6 Å². The Morgan fingerprint density at radius 1 is 0.871 bits per heavy atom. The van der Waals surface area contributed by atoms with E-state index in [-0.39, 0.29) is 12.2 Å². The fourth-order valence-corrected chi connectivity index (χ4v) is 4.15. The van der Waals surface area contributed by atoms with Gasteiger partial charge in [0.25, 0.3) is 5.56 Å². The summed E-state index contributed by atoms with van der Waals surface area (Å²) in [6.45, 7) is 0.229. The Bertz CT molecular complexity index is 1360. The molecule has 0 aliphatic carbocycles. The van der Waals surface area contributed by atoms with Crippen molar-refractivity contribution in [2.45, 2.75) is 16.4 Å². The average Bonchev–Trinajstić information content (AvgIpc) is 3.24. The van der Waals surface area contributed by atoms with Gasteiger partial charge in [0.15, 0.2) is 5.65 Å². The molecule has 5 nitrogen and oxygen atoms in total. The number of para-hydroxylation sites is 1. The molecule has 0 aliphatic heterocycles. The zero-order valence-electron chi connectivity index (χ0n) is 16.6. The maximum absolute atomic E-state index is 12.5. The number of rotatable bonds is 6. The summed E-state index contributed by atoms with van der Waals surface area (Å²) in [6.07, 6.45) is 1.81. The zero-order chi connectivity index (χ0) is 21.0. The summed E-state index contributed by atoms with van der Waals surface area (Å²) < 4.78 is 7.22. The molecule has 0 saturated heterocycles. The Morgan fingerprint density at radius 2 is 1.55 bits per heavy atom. The van der Waals surface area contributed by atoms with Gasteiger partial charge in [-0.25, -0.2) is 9.50 Å². The summed E-state index contributed by atoms with van der Waals surface area (Å²) in [4.78, 5) is 19.6. The molecule has 0 fully saturated rings. The summed E-state index contributed by atoms with van der Waals surface area (Å²) in [5.74, 6) is 0.741. The molecule has 152 valence electrons. The van der Waals surface area contributed by atoms with E-state index in [9.17, 15) is 4.79 Å². The van der Waals surface area contributed by atoms with E-state index in [1.807, 2.05) is 66.9 Å². The van der Waals surface area contributed by atoms with E-state index in [0.717, 1.165) is 21.8 Å². The Labute approximate surface area is 183 Å². The number of fused-ring (bicyclic) bond motifs is 1. The molecular weight excluding hydrogens is 406 g/mol. The Morgan fingerprint density at radius 3 is 2.29 bits per heavy atom. The number of aromatic amines is 1. The van der Waals surface area contributed by atoms with Gasteiger partial charge in [-0.1, -0.05) is 60.3 Å². The second kappa shape index (κ2) is 8.53. The van der Waals surface area contributed by atoms with Crippen molar-refractivity contribution >= 4 is 17.4 Å². The molecule has 3 aromatic carbocycles. The first-order chi connectivity index (χ1) is 15.3. The maximum atomic E-state index is 12.5. The summed E-state index contributed by atoms with van der Waals surface area (Å²) in [5, 5.41) is 3.01. The molecule has 1 N–H and O–H groups in total. The topological polar surface area (TPSA) is 59.4 Å². The minimum Gasteiger partial charge on any atom is -0.487 e. The van der Waals surface area contributed by atoms with Crippen molar-refractivity contribution < 1.29 is 4.74 Å². The van der Waals surface area contributed by atoms with Crippen LogP contribution in [0.5, 0.6) is 5.75 Å². The Hall–Kier alpha value is -3.77. The predicted octanol–water partition coefficient (Wildman–Crippen LogP) is 5.42. The summed E-state index contributed by atoms with van der Waals surface area (Å²) in [7, 11) is 0. The first-order valence-corrected chi connectivity index (χ1v) is 10.7. The Kier molecular flexibility index (Phi) is 5.29. The van der Waals surface area contributed by atoms with Gasteiger partial charge in [-0.05, 0) is 42.0 Å². The number of aromatic nitrogens is 3. The predicted molar refractivity (Wildman–Crippen MR) is 123 cm³/mol. The lowest BCUT2D eigenvalue weighted by molar-refractivity contribution is 0.301. The zero-order valence-corrected chi connectivity index (χ0v) is 17.4. The van der Waals surface area contributed by atoms with Gasteiger partial charge in [0.1, 0.15) is 12.4 Å². The quantitative estimate of drug-likeness (QED) is 0.395. The van der Waals surface area contributed by atoms with Crippen molar-refractivity contribution in [3.8, 4) is 16.9 Å². The van der Waals surface area contributed by atoms with Crippen LogP contribution >= 0.6 is 11.8 Å². The second-order valence-electron chi connectivity index (χ2n) is 6.97. The van der Waals surface area contributed by atoms with E-state index >= 15 is 0 Å². The number of nitrogens with zero attached hydrogens (tertiary/aromatic N) is 2. The highest BCUT2D eigenvalue weighted by molar-refractivity contribution is 7.99. The highest BCUT2D eigenvalue weighted by Crippen LogP contribution is 2.30. The molecule has 0 atom stereocenters. The summed E-state index contributed by atoms with van der Waals surface area (Å²) >= 11 is 1.71. The normalized spacial score (nSPS) is 11.0. The van der Waals surface area contributed by atoms with Crippen LogP contribution < -0.4 is 10.3 Å². The van der Waals surface area contributed by atoms with Gasteiger partial charge < -0.3 is 4.74 Å². The fourth-order valence-electron chi connectivity index (χ4n) is 3.32. The van der Waals surface area contributed by atoms with E-state index in [4.69, 9.17) is 4.74 Å². The van der Waals surface area contributed by atoms with E-state index in [2.05, 4.69) is 34.3 Å². The van der Waals surface area contributed by atoms with Crippen molar-refractivity contribution in [1.82, 2.24) is 14.6 Å². The van der Waals surface area contributed by atoms with Crippen LogP contribution in [0, 0.1) is 0 Å². The van der Waals surface area contributed by atoms with Gasteiger partial charge in [-0.3, -0.25) is 9.89 Å². The van der Waals surface area contributed by atoms with Crippen molar-refractivity contribution in [3.05, 3.63) is 113 Å². The molecule has 0 bridgehead atoms. The number of H-pyrrole nitrogens is 1. The molecule has 0 amide bonds. The standard InChI is InChI=1S/C25H19N3O2S/c29-24-15-19(17-30-20-7-3-1-4-8-20)27-25-23(16-26-28(24)25)18-11-13-22(14-12-18)31-21-9-5-2-6-10-21/h1-16,26H,17H2. The molecule has 2 heterocycles. The lowest BCUT2D eigenvalue weighted by atomic mass is 10.1. The Balaban J connectivity index is 1.42. The first-order valence-electron chi connectivity index (χ1n) is 9.87. The third kappa shape index (κ3) is 4.25. The van der Waals surface area contributed by atoms with E-state index < -0.39 is 0 Å². The molecule has 2 aromatic heterocycles. The summed E-state index contributed by atoms with van der Waals surface area (Å²) in [6, 6.07) is 29.5. The van der Waals surface area contributed by atoms with Gasteiger partial charge in [0.2, 0.25) is 0 Å². The maximum Gasteiger partial charge on any atom is 0.273 e. The van der Waals surface area contributed by atoms with Crippen LogP contribution in [0.1, 0.15) is 5.69 Å². The number of ether oxygens (including phenoxy) is 1. The van der Waals surface area contributed by atoms with Gasteiger partial charge in [0, 0.05) is 27.6 Å². The smallest absolute Gasteiger partial charge is 0.273 e. The van der Waals surface area contributed by atoms with Crippen LogP contribution in [0.3, 0.4) is 0 Å². The van der Waals surface area contributed by atoms with Gasteiger partial charge in [0.05, 0.1) is 5.69 Å². The third-order valence-corrected chi connectivity index (χ3v) is 5.84. The third-order valence-electron chi connectivity index (χ3n) is 4.82. The van der Waals surface area contributed by atoms with E-state index in [0.29, 0.717) is 11.3 Å². The first kappa shape index (κ1) is 19.2.